The molecule has 1 aromatic carbocycles. The highest BCUT2D eigenvalue weighted by atomic mass is 16.3. The second-order valence-corrected chi connectivity index (χ2v) is 7.82. The summed E-state index contributed by atoms with van der Waals surface area (Å²) in [4.78, 5) is 15.2. The number of rotatable bonds is 0. The Morgan fingerprint density at radius 1 is 1.32 bits per heavy atom. The SMILES string of the molecule is C[C@@H]1[C@H]2[C@H]3Cc4ccc(O)cc4[C@@]2(CCN3C)CC(=O)[C@H]1C. The van der Waals surface area contributed by atoms with Gasteiger partial charge in [-0.05, 0) is 61.5 Å². The van der Waals surface area contributed by atoms with Crippen LogP contribution in [-0.4, -0.2) is 35.4 Å². The van der Waals surface area contributed by atoms with E-state index in [0.29, 0.717) is 35.8 Å². The van der Waals surface area contributed by atoms with Crippen molar-refractivity contribution in [2.24, 2.45) is 17.8 Å². The summed E-state index contributed by atoms with van der Waals surface area (Å²) in [7, 11) is 2.23. The first-order valence-corrected chi connectivity index (χ1v) is 8.49. The third-order valence-electron chi connectivity index (χ3n) is 6.94. The highest BCUT2D eigenvalue weighted by molar-refractivity contribution is 5.84. The molecule has 1 aromatic rings. The number of ketones is 1. The molecular weight excluding hydrogens is 274 g/mol. The Labute approximate surface area is 132 Å². The number of aromatic hydroxyl groups is 1. The van der Waals surface area contributed by atoms with E-state index < -0.39 is 0 Å². The van der Waals surface area contributed by atoms with Crippen LogP contribution in [0, 0.1) is 17.8 Å². The normalized spacial score (nSPS) is 41.0. The number of fused-ring (bicyclic) bond motifs is 1. The summed E-state index contributed by atoms with van der Waals surface area (Å²) in [5, 5.41) is 10.0. The van der Waals surface area contributed by atoms with Gasteiger partial charge in [0.15, 0.2) is 0 Å². The van der Waals surface area contributed by atoms with Crippen LogP contribution < -0.4 is 0 Å². The van der Waals surface area contributed by atoms with Crippen LogP contribution in [0.1, 0.15) is 37.8 Å². The Kier molecular flexibility index (Phi) is 2.96. The van der Waals surface area contributed by atoms with E-state index in [1.165, 1.54) is 11.1 Å². The largest absolute Gasteiger partial charge is 0.508 e. The van der Waals surface area contributed by atoms with Gasteiger partial charge in [0.05, 0.1) is 0 Å². The van der Waals surface area contributed by atoms with Crippen molar-refractivity contribution in [3.05, 3.63) is 29.3 Å². The first kappa shape index (κ1) is 14.3. The van der Waals surface area contributed by atoms with Crippen LogP contribution in [0.15, 0.2) is 18.2 Å². The number of piperidine rings is 1. The maximum absolute atomic E-state index is 12.7. The lowest BCUT2D eigenvalue weighted by Gasteiger charge is -2.61. The third kappa shape index (κ3) is 1.69. The molecule has 2 bridgehead atoms. The van der Waals surface area contributed by atoms with E-state index in [-0.39, 0.29) is 11.3 Å². The van der Waals surface area contributed by atoms with E-state index >= 15 is 0 Å². The monoisotopic (exact) mass is 299 g/mol. The zero-order valence-electron chi connectivity index (χ0n) is 13.7. The lowest BCUT2D eigenvalue weighted by Crippen LogP contribution is -2.64. The highest BCUT2D eigenvalue weighted by Gasteiger charge is 2.58. The minimum Gasteiger partial charge on any atom is -0.508 e. The molecule has 3 nitrogen and oxygen atoms in total. The van der Waals surface area contributed by atoms with Crippen molar-refractivity contribution >= 4 is 5.78 Å². The summed E-state index contributed by atoms with van der Waals surface area (Å²) in [5.41, 5.74) is 2.54. The molecule has 0 radical (unpaired) electrons. The molecule has 0 spiro atoms. The predicted molar refractivity (Wildman–Crippen MR) is 86.0 cm³/mol. The molecule has 0 aromatic heterocycles. The van der Waals surface area contributed by atoms with Crippen molar-refractivity contribution in [2.75, 3.05) is 13.6 Å². The summed E-state index contributed by atoms with van der Waals surface area (Å²) in [6.45, 7) is 5.42. The number of likely N-dealkylation sites (N-methyl/N-ethyl adjacent to an activating group) is 1. The number of carbonyl (C=O) groups is 1. The summed E-state index contributed by atoms with van der Waals surface area (Å²) in [6.07, 6.45) is 2.73. The first-order chi connectivity index (χ1) is 10.4. The second kappa shape index (κ2) is 4.58. The summed E-state index contributed by atoms with van der Waals surface area (Å²) in [6, 6.07) is 6.33. The van der Waals surface area contributed by atoms with Gasteiger partial charge in [0, 0.05) is 23.8 Å². The van der Waals surface area contributed by atoms with Crippen molar-refractivity contribution < 1.29 is 9.90 Å². The van der Waals surface area contributed by atoms with Crippen LogP contribution in [0.4, 0.5) is 0 Å². The molecule has 118 valence electrons. The van der Waals surface area contributed by atoms with E-state index in [0.717, 1.165) is 19.4 Å². The minimum atomic E-state index is -0.0491. The second-order valence-electron chi connectivity index (χ2n) is 7.82. The fourth-order valence-corrected chi connectivity index (χ4v) is 5.61. The van der Waals surface area contributed by atoms with E-state index in [4.69, 9.17) is 0 Å². The van der Waals surface area contributed by atoms with Crippen molar-refractivity contribution in [1.82, 2.24) is 4.90 Å². The molecule has 1 N–H and O–H groups in total. The Morgan fingerprint density at radius 3 is 2.86 bits per heavy atom. The van der Waals surface area contributed by atoms with Gasteiger partial charge in [0.1, 0.15) is 11.5 Å². The van der Waals surface area contributed by atoms with Crippen molar-refractivity contribution in [3.63, 3.8) is 0 Å². The van der Waals surface area contributed by atoms with Gasteiger partial charge >= 0.3 is 0 Å². The molecule has 2 aliphatic carbocycles. The summed E-state index contributed by atoms with van der Waals surface area (Å²) < 4.78 is 0. The van der Waals surface area contributed by atoms with Gasteiger partial charge in [-0.2, -0.15) is 0 Å². The van der Waals surface area contributed by atoms with Gasteiger partial charge in [-0.1, -0.05) is 19.9 Å². The highest BCUT2D eigenvalue weighted by Crippen LogP contribution is 2.57. The fraction of sp³-hybridized carbons (Fsp3) is 0.632. The predicted octanol–water partition coefficient (Wildman–Crippen LogP) is 2.75. The summed E-state index contributed by atoms with van der Waals surface area (Å²) >= 11 is 0. The number of carbonyl (C=O) groups excluding carboxylic acids is 1. The molecule has 3 aliphatic rings. The van der Waals surface area contributed by atoms with Gasteiger partial charge < -0.3 is 10.0 Å². The number of hydrogen-bond donors (Lipinski definition) is 1. The molecule has 1 saturated carbocycles. The van der Waals surface area contributed by atoms with Gasteiger partial charge in [0.2, 0.25) is 0 Å². The van der Waals surface area contributed by atoms with Crippen LogP contribution in [-0.2, 0) is 16.6 Å². The van der Waals surface area contributed by atoms with Crippen LogP contribution in [0.5, 0.6) is 5.75 Å². The Bertz CT molecular complexity index is 640. The number of Topliss-reactive ketones (excluding diaryl/α,β-unsaturated/α-hetero) is 1. The molecule has 3 heteroatoms. The maximum atomic E-state index is 12.7. The number of nitrogens with zero attached hydrogens (tertiary/aromatic N) is 1. The maximum Gasteiger partial charge on any atom is 0.136 e. The van der Waals surface area contributed by atoms with E-state index in [1.807, 2.05) is 6.07 Å². The van der Waals surface area contributed by atoms with Gasteiger partial charge in [-0.25, -0.2) is 0 Å². The number of likely N-dealkylation sites (tertiary alicyclic amines) is 1. The Hall–Kier alpha value is -1.35. The van der Waals surface area contributed by atoms with Gasteiger partial charge in [-0.15, -0.1) is 0 Å². The van der Waals surface area contributed by atoms with Crippen LogP contribution in [0.25, 0.3) is 0 Å². The molecule has 1 saturated heterocycles. The van der Waals surface area contributed by atoms with Crippen molar-refractivity contribution in [3.8, 4) is 5.75 Å². The molecule has 4 rings (SSSR count). The molecule has 1 heterocycles. The van der Waals surface area contributed by atoms with E-state index in [2.05, 4.69) is 31.9 Å². The number of phenols is 1. The van der Waals surface area contributed by atoms with Crippen molar-refractivity contribution in [2.45, 2.75) is 44.6 Å². The molecule has 1 aliphatic heterocycles. The molecule has 5 atom stereocenters. The Balaban J connectivity index is 1.94. The zero-order valence-corrected chi connectivity index (χ0v) is 13.7. The molecular formula is C19H25NO2. The lowest BCUT2D eigenvalue weighted by molar-refractivity contribution is -0.137. The fourth-order valence-electron chi connectivity index (χ4n) is 5.61. The lowest BCUT2D eigenvalue weighted by atomic mass is 9.48. The van der Waals surface area contributed by atoms with Gasteiger partial charge in [0.25, 0.3) is 0 Å². The molecule has 0 amide bonds. The molecule has 0 unspecified atom stereocenters. The topological polar surface area (TPSA) is 40.5 Å². The minimum absolute atomic E-state index is 0.0491. The smallest absolute Gasteiger partial charge is 0.136 e. The number of phenolic OH excluding ortho intramolecular Hbond substituents is 1. The Morgan fingerprint density at radius 2 is 2.09 bits per heavy atom. The van der Waals surface area contributed by atoms with Crippen LogP contribution >= 0.6 is 0 Å². The summed E-state index contributed by atoms with van der Waals surface area (Å²) in [5.74, 6) is 1.83. The van der Waals surface area contributed by atoms with Crippen LogP contribution in [0.3, 0.4) is 0 Å². The average Bonchev–Trinajstić information content (AvgIpc) is 2.49. The van der Waals surface area contributed by atoms with Gasteiger partial charge in [-0.3, -0.25) is 4.79 Å². The third-order valence-corrected chi connectivity index (χ3v) is 6.94. The molecule has 2 fully saturated rings. The van der Waals surface area contributed by atoms with Crippen LogP contribution in [0.2, 0.25) is 0 Å². The quantitative estimate of drug-likeness (QED) is 0.801. The standard InChI is InChI=1S/C19H25NO2/c1-11-12(2)18-16-8-13-4-5-14(21)9-15(13)19(18,10-17(11)22)6-7-20(16)3/h4-5,9,11-12,16,18,21H,6-8,10H2,1-3H3/t11-,12-,16+,18-,19+/m0/s1. The molecule has 22 heavy (non-hydrogen) atoms. The van der Waals surface area contributed by atoms with E-state index in [9.17, 15) is 9.90 Å². The number of benzene rings is 1. The van der Waals surface area contributed by atoms with E-state index in [1.54, 1.807) is 6.07 Å². The average molecular weight is 299 g/mol. The van der Waals surface area contributed by atoms with Crippen molar-refractivity contribution in [1.29, 1.82) is 0 Å². The number of hydrogen-bond acceptors (Lipinski definition) is 3. The first-order valence-electron chi connectivity index (χ1n) is 8.49. The zero-order chi connectivity index (χ0) is 15.6.